The molecule has 0 N–H and O–H groups in total. The van der Waals surface area contributed by atoms with Crippen LogP contribution in [0.5, 0.6) is 0 Å². The topological polar surface area (TPSA) is 6.48 Å². The van der Waals surface area contributed by atoms with Gasteiger partial charge in [-0.1, -0.05) is 143 Å². The predicted octanol–water partition coefficient (Wildman–Crippen LogP) is 15.3. The van der Waals surface area contributed by atoms with Crippen molar-refractivity contribution in [3.8, 4) is 0 Å². The van der Waals surface area contributed by atoms with E-state index in [0.29, 0.717) is 11.8 Å². The number of allylic oxidation sites excluding steroid dienone is 4. The molecule has 0 aliphatic heterocycles. The number of rotatable bonds is 6. The molecular formula is C56H52N2. The van der Waals surface area contributed by atoms with Gasteiger partial charge in [-0.15, -0.1) is 0 Å². The van der Waals surface area contributed by atoms with Crippen molar-refractivity contribution in [3.05, 3.63) is 208 Å². The zero-order valence-corrected chi connectivity index (χ0v) is 35.1. The number of hydrogen-bond donors (Lipinski definition) is 0. The Morgan fingerprint density at radius 1 is 0.448 bits per heavy atom. The van der Waals surface area contributed by atoms with Crippen molar-refractivity contribution in [1.29, 1.82) is 0 Å². The molecule has 0 saturated heterocycles. The van der Waals surface area contributed by atoms with Gasteiger partial charge in [0.1, 0.15) is 0 Å². The van der Waals surface area contributed by atoms with E-state index in [1.54, 1.807) is 0 Å². The van der Waals surface area contributed by atoms with Gasteiger partial charge in [-0.25, -0.2) is 0 Å². The summed E-state index contributed by atoms with van der Waals surface area (Å²) in [5, 5.41) is 2.60. The van der Waals surface area contributed by atoms with E-state index in [9.17, 15) is 0 Å². The Morgan fingerprint density at radius 2 is 0.931 bits per heavy atom. The van der Waals surface area contributed by atoms with Crippen LogP contribution < -0.4 is 9.80 Å². The summed E-state index contributed by atoms with van der Waals surface area (Å²) in [5.41, 5.74) is 20.7. The van der Waals surface area contributed by atoms with E-state index >= 15 is 0 Å². The lowest BCUT2D eigenvalue weighted by molar-refractivity contribution is 0.393. The molecule has 0 fully saturated rings. The summed E-state index contributed by atoms with van der Waals surface area (Å²) >= 11 is 0. The maximum absolute atomic E-state index is 2.68. The van der Waals surface area contributed by atoms with Crippen LogP contribution in [-0.4, -0.2) is 0 Å². The van der Waals surface area contributed by atoms with Gasteiger partial charge in [0.15, 0.2) is 0 Å². The lowest BCUT2D eigenvalue weighted by atomic mass is 9.70. The Balaban J connectivity index is 1.14. The molecule has 2 nitrogen and oxygen atoms in total. The fourth-order valence-electron chi connectivity index (χ4n) is 10.7. The van der Waals surface area contributed by atoms with Crippen LogP contribution in [0, 0.1) is 33.6 Å². The SMILES string of the molecule is Cc1ccccc1N(c1ccc2c(c1)C(C)(C)C1C=C3C(=CC21)C(C)(C)c1cc(N(c2ccccc2C)c2ccccc2C)c2ccccc2c13)c1ccccc1C. The smallest absolute Gasteiger partial charge is 0.0543 e. The molecule has 10 rings (SSSR count). The molecular weight excluding hydrogens is 701 g/mol. The molecule has 0 heterocycles. The molecule has 7 aromatic carbocycles. The van der Waals surface area contributed by atoms with Crippen LogP contribution in [0.2, 0.25) is 0 Å². The summed E-state index contributed by atoms with van der Waals surface area (Å²) in [6, 6.07) is 54.2. The van der Waals surface area contributed by atoms with Crippen LogP contribution in [0.3, 0.4) is 0 Å². The molecule has 7 aromatic rings. The standard InChI is InChI=1S/C56H52N2/c1-35-19-9-15-25-49(35)57(50-26-16-10-20-36(50)2)39-29-30-40-43-32-47-44(33-46(43)55(5,6)45(40)31-39)54-42-24-14-13-23-41(42)53(34-48(54)56(47,7)8)58(51-27-17-11-21-37(51)3)52-28-18-12-22-38(52)4/h9-34,43,46H,1-8H3. The van der Waals surface area contributed by atoms with Crippen molar-refractivity contribution in [2.75, 3.05) is 9.80 Å². The van der Waals surface area contributed by atoms with Gasteiger partial charge >= 0.3 is 0 Å². The van der Waals surface area contributed by atoms with Crippen LogP contribution >= 0.6 is 0 Å². The molecule has 286 valence electrons. The Labute approximate surface area is 344 Å². The maximum Gasteiger partial charge on any atom is 0.0543 e. The van der Waals surface area contributed by atoms with E-state index in [-0.39, 0.29) is 10.8 Å². The molecule has 0 bridgehead atoms. The number of benzene rings is 7. The Morgan fingerprint density at radius 3 is 1.47 bits per heavy atom. The second-order valence-electron chi connectivity index (χ2n) is 18.0. The summed E-state index contributed by atoms with van der Waals surface area (Å²) in [6.07, 6.45) is 5.35. The first kappa shape index (κ1) is 36.2. The van der Waals surface area contributed by atoms with E-state index in [1.807, 2.05) is 0 Å². The van der Waals surface area contributed by atoms with E-state index in [1.165, 1.54) is 101 Å². The normalized spacial score (nSPS) is 18.1. The highest BCUT2D eigenvalue weighted by atomic mass is 15.2. The summed E-state index contributed by atoms with van der Waals surface area (Å²) in [7, 11) is 0. The highest BCUT2D eigenvalue weighted by molar-refractivity contribution is 6.10. The predicted molar refractivity (Wildman–Crippen MR) is 247 cm³/mol. The number of fused-ring (bicyclic) bond motifs is 8. The second kappa shape index (κ2) is 13.2. The minimum atomic E-state index is -0.187. The van der Waals surface area contributed by atoms with Crippen molar-refractivity contribution in [2.24, 2.45) is 5.92 Å². The number of hydrogen-bond acceptors (Lipinski definition) is 2. The summed E-state index contributed by atoms with van der Waals surface area (Å²) in [4.78, 5) is 4.98. The van der Waals surface area contributed by atoms with Gasteiger partial charge in [0.25, 0.3) is 0 Å². The number of anilines is 6. The van der Waals surface area contributed by atoms with Crippen molar-refractivity contribution in [1.82, 2.24) is 0 Å². The summed E-state index contributed by atoms with van der Waals surface area (Å²) < 4.78 is 0. The Hall–Kier alpha value is -6.12. The molecule has 0 saturated carbocycles. The van der Waals surface area contributed by atoms with Gasteiger partial charge in [-0.2, -0.15) is 0 Å². The Kier molecular flexibility index (Phi) is 8.26. The van der Waals surface area contributed by atoms with Crippen molar-refractivity contribution < 1.29 is 0 Å². The van der Waals surface area contributed by atoms with Crippen LogP contribution in [-0.2, 0) is 10.8 Å². The number of aryl methyl sites for hydroxylation is 4. The van der Waals surface area contributed by atoms with Gasteiger partial charge in [0.2, 0.25) is 0 Å². The molecule has 0 aromatic heterocycles. The van der Waals surface area contributed by atoms with Crippen LogP contribution in [0.4, 0.5) is 34.1 Å². The molecule has 2 unspecified atom stereocenters. The van der Waals surface area contributed by atoms with E-state index in [0.717, 1.165) is 0 Å². The van der Waals surface area contributed by atoms with Gasteiger partial charge in [-0.3, -0.25) is 0 Å². The first-order valence-electron chi connectivity index (χ1n) is 20.9. The molecule has 58 heavy (non-hydrogen) atoms. The fraction of sp³-hybridized carbons (Fsp3) is 0.214. The largest absolute Gasteiger partial charge is 0.310 e. The zero-order chi connectivity index (χ0) is 40.1. The lowest BCUT2D eigenvalue weighted by Crippen LogP contribution is -2.27. The zero-order valence-electron chi connectivity index (χ0n) is 35.1. The molecule has 3 aliphatic carbocycles. The first-order valence-corrected chi connectivity index (χ1v) is 20.9. The summed E-state index contributed by atoms with van der Waals surface area (Å²) in [6.45, 7) is 18.8. The van der Waals surface area contributed by atoms with Crippen LogP contribution in [0.15, 0.2) is 163 Å². The van der Waals surface area contributed by atoms with Crippen molar-refractivity contribution in [2.45, 2.75) is 72.1 Å². The van der Waals surface area contributed by atoms with Crippen LogP contribution in [0.25, 0.3) is 16.3 Å². The van der Waals surface area contributed by atoms with E-state index < -0.39 is 0 Å². The quantitative estimate of drug-likeness (QED) is 0.167. The molecule has 0 radical (unpaired) electrons. The molecule has 2 heteroatoms. The summed E-state index contributed by atoms with van der Waals surface area (Å²) in [5.74, 6) is 0.635. The van der Waals surface area contributed by atoms with Gasteiger partial charge in [-0.05, 0) is 143 Å². The van der Waals surface area contributed by atoms with E-state index in [2.05, 4.69) is 223 Å². The minimum Gasteiger partial charge on any atom is -0.310 e. The van der Waals surface area contributed by atoms with Gasteiger partial charge in [0, 0.05) is 45.2 Å². The second-order valence-corrected chi connectivity index (χ2v) is 18.0. The third-order valence-corrected chi connectivity index (χ3v) is 13.9. The van der Waals surface area contributed by atoms with Crippen molar-refractivity contribution in [3.63, 3.8) is 0 Å². The highest BCUT2D eigenvalue weighted by Crippen LogP contribution is 2.63. The molecule has 3 aliphatic rings. The average Bonchev–Trinajstić information content (AvgIpc) is 3.58. The lowest BCUT2D eigenvalue weighted by Gasteiger charge is -2.34. The average molecular weight is 753 g/mol. The Bertz CT molecular complexity index is 2770. The van der Waals surface area contributed by atoms with Crippen molar-refractivity contribution >= 4 is 50.5 Å². The number of para-hydroxylation sites is 4. The monoisotopic (exact) mass is 752 g/mol. The third-order valence-electron chi connectivity index (χ3n) is 13.9. The van der Waals surface area contributed by atoms with Gasteiger partial charge < -0.3 is 9.80 Å². The fourth-order valence-corrected chi connectivity index (χ4v) is 10.7. The first-order chi connectivity index (χ1) is 28.0. The van der Waals surface area contributed by atoms with E-state index in [4.69, 9.17) is 0 Å². The maximum atomic E-state index is 2.68. The molecule has 2 atom stereocenters. The number of nitrogens with zero attached hydrogens (tertiary/aromatic N) is 2. The minimum absolute atomic E-state index is 0.0801. The van der Waals surface area contributed by atoms with Gasteiger partial charge in [0.05, 0.1) is 5.69 Å². The van der Waals surface area contributed by atoms with Crippen LogP contribution in [0.1, 0.15) is 78.1 Å². The third kappa shape index (κ3) is 5.31. The molecule has 0 amide bonds. The highest BCUT2D eigenvalue weighted by Gasteiger charge is 2.50. The molecule has 0 spiro atoms.